The second-order valence-corrected chi connectivity index (χ2v) is 13.4. The van der Waals surface area contributed by atoms with Gasteiger partial charge in [-0.15, -0.1) is 0 Å². The number of hydrogen-bond acceptors (Lipinski definition) is 4. The average Bonchev–Trinajstić information content (AvgIpc) is 2.48. The van der Waals surface area contributed by atoms with Crippen molar-refractivity contribution in [1.82, 2.24) is 0 Å². The van der Waals surface area contributed by atoms with Crippen LogP contribution in [0.15, 0.2) is 24.3 Å². The third kappa shape index (κ3) is 2.76. The Morgan fingerprint density at radius 1 is 1.04 bits per heavy atom. The first-order chi connectivity index (χ1) is 11.1. The first-order valence-electron chi connectivity index (χ1n) is 8.92. The minimum atomic E-state index is -2.18. The molecule has 0 unspecified atom stereocenters. The molecule has 0 radical (unpaired) electrons. The summed E-state index contributed by atoms with van der Waals surface area (Å²) in [5.74, 6) is -1.57. The zero-order valence-electron chi connectivity index (χ0n) is 15.6. The lowest BCUT2D eigenvalue weighted by molar-refractivity contribution is -0.156. The number of ketones is 2. The summed E-state index contributed by atoms with van der Waals surface area (Å²) < 4.78 is 6.75. The molecule has 134 valence electrons. The molecule has 4 nitrogen and oxygen atoms in total. The zero-order valence-corrected chi connectivity index (χ0v) is 16.6. The third-order valence-electron chi connectivity index (χ3n) is 5.83. The predicted molar refractivity (Wildman–Crippen MR) is 97.3 cm³/mol. The molecule has 0 aromatic rings. The number of allylic oxidation sites excluding steroid dienone is 1. The lowest BCUT2D eigenvalue weighted by Crippen LogP contribution is -2.61. The van der Waals surface area contributed by atoms with E-state index >= 15 is 0 Å². The van der Waals surface area contributed by atoms with E-state index in [0.717, 1.165) is 0 Å². The summed E-state index contributed by atoms with van der Waals surface area (Å²) in [4.78, 5) is 24.5. The molecule has 2 aliphatic carbocycles. The number of aliphatic hydroxyl groups is 1. The van der Waals surface area contributed by atoms with Crippen molar-refractivity contribution >= 4 is 19.9 Å². The summed E-state index contributed by atoms with van der Waals surface area (Å²) in [5, 5.41) is 10.8. The molecule has 0 heterocycles. The number of carbonyl (C=O) groups excluding carboxylic acids is 2. The van der Waals surface area contributed by atoms with Crippen LogP contribution in [-0.4, -0.2) is 36.7 Å². The lowest BCUT2D eigenvalue weighted by atomic mass is 9.69. The molecule has 5 heteroatoms. The van der Waals surface area contributed by atoms with E-state index in [4.69, 9.17) is 4.43 Å². The number of hydrogen-bond donors (Lipinski definition) is 1. The standard InChI is InChI=1S/C19H30O4Si/c1-12(2)24(13(3)4,14(5)6)23-16-10-11-18(21)19(22)15(16)8-7-9-17(19)20/h7,9-16,22H,8H2,1-6H3/t15-,16-,19-/m0/s1. The normalized spacial score (nSPS) is 30.6. The summed E-state index contributed by atoms with van der Waals surface area (Å²) >= 11 is 0. The molecule has 1 N–H and O–H groups in total. The van der Waals surface area contributed by atoms with Crippen molar-refractivity contribution < 1.29 is 19.1 Å². The minimum absolute atomic E-state index is 0.395. The van der Waals surface area contributed by atoms with Gasteiger partial charge in [0.25, 0.3) is 0 Å². The zero-order chi connectivity index (χ0) is 18.3. The Morgan fingerprint density at radius 3 is 2.04 bits per heavy atom. The van der Waals surface area contributed by atoms with Gasteiger partial charge in [-0.1, -0.05) is 53.7 Å². The van der Waals surface area contributed by atoms with Crippen LogP contribution in [0.3, 0.4) is 0 Å². The van der Waals surface area contributed by atoms with Gasteiger partial charge in [-0.2, -0.15) is 0 Å². The maximum absolute atomic E-state index is 12.2. The molecular formula is C19H30O4Si. The largest absolute Gasteiger partial charge is 0.409 e. The second kappa shape index (κ2) is 6.69. The minimum Gasteiger partial charge on any atom is -0.409 e. The molecule has 0 saturated carbocycles. The Hall–Kier alpha value is -1.04. The fraction of sp³-hybridized carbons (Fsp3) is 0.684. The maximum atomic E-state index is 12.2. The van der Waals surface area contributed by atoms with Crippen LogP contribution in [-0.2, 0) is 14.0 Å². The van der Waals surface area contributed by atoms with Crippen molar-refractivity contribution in [2.75, 3.05) is 0 Å². The van der Waals surface area contributed by atoms with E-state index in [2.05, 4.69) is 41.5 Å². The van der Waals surface area contributed by atoms with E-state index < -0.39 is 37.5 Å². The molecule has 0 aromatic carbocycles. The van der Waals surface area contributed by atoms with E-state index in [9.17, 15) is 14.7 Å². The van der Waals surface area contributed by atoms with Gasteiger partial charge in [0.2, 0.25) is 8.32 Å². The molecule has 0 saturated heterocycles. The summed E-state index contributed by atoms with van der Waals surface area (Å²) in [7, 11) is -2.18. The molecule has 0 bridgehead atoms. The predicted octanol–water partition coefficient (Wildman–Crippen LogP) is 3.56. The Balaban J connectivity index is 2.44. The highest BCUT2D eigenvalue weighted by Gasteiger charge is 2.56. The number of carbonyl (C=O) groups is 2. The van der Waals surface area contributed by atoms with Crippen LogP contribution in [0, 0.1) is 5.92 Å². The Bertz CT molecular complexity index is 554. The van der Waals surface area contributed by atoms with Gasteiger partial charge in [-0.3, -0.25) is 9.59 Å². The molecule has 2 rings (SSSR count). The first-order valence-corrected chi connectivity index (χ1v) is 11.1. The van der Waals surface area contributed by atoms with Gasteiger partial charge in [0, 0.05) is 5.92 Å². The second-order valence-electron chi connectivity index (χ2n) is 8.00. The molecule has 24 heavy (non-hydrogen) atoms. The fourth-order valence-electron chi connectivity index (χ4n) is 4.69. The topological polar surface area (TPSA) is 63.6 Å². The number of fused-ring (bicyclic) bond motifs is 1. The molecule has 0 spiro atoms. The number of rotatable bonds is 5. The summed E-state index contributed by atoms with van der Waals surface area (Å²) in [6.07, 6.45) is 6.22. The van der Waals surface area contributed by atoms with Gasteiger partial charge in [0.1, 0.15) is 0 Å². The Kier molecular flexibility index (Phi) is 5.38. The fourth-order valence-corrected chi connectivity index (χ4v) is 10.2. The van der Waals surface area contributed by atoms with Crippen molar-refractivity contribution in [3.05, 3.63) is 24.3 Å². The molecule has 2 aliphatic rings. The molecule has 0 aromatic heterocycles. The first kappa shape index (κ1) is 19.3. The molecule has 3 atom stereocenters. The van der Waals surface area contributed by atoms with E-state index in [1.165, 1.54) is 12.2 Å². The van der Waals surface area contributed by atoms with Crippen molar-refractivity contribution in [2.24, 2.45) is 5.92 Å². The van der Waals surface area contributed by atoms with Crippen LogP contribution < -0.4 is 0 Å². The molecule has 0 fully saturated rings. The van der Waals surface area contributed by atoms with Crippen LogP contribution in [0.1, 0.15) is 48.0 Å². The van der Waals surface area contributed by atoms with Gasteiger partial charge < -0.3 is 9.53 Å². The lowest BCUT2D eigenvalue weighted by Gasteiger charge is -2.48. The van der Waals surface area contributed by atoms with Crippen molar-refractivity contribution in [2.45, 2.75) is 76.3 Å². The van der Waals surface area contributed by atoms with Crippen LogP contribution in [0.2, 0.25) is 16.6 Å². The van der Waals surface area contributed by atoms with E-state index in [0.29, 0.717) is 23.0 Å². The smallest absolute Gasteiger partial charge is 0.201 e. The monoisotopic (exact) mass is 350 g/mol. The quantitative estimate of drug-likeness (QED) is 0.608. The average molecular weight is 351 g/mol. The van der Waals surface area contributed by atoms with Gasteiger partial charge in [-0.05, 0) is 35.2 Å². The third-order valence-corrected chi connectivity index (χ3v) is 11.9. The van der Waals surface area contributed by atoms with Crippen LogP contribution in [0.25, 0.3) is 0 Å². The van der Waals surface area contributed by atoms with Crippen molar-refractivity contribution in [3.63, 3.8) is 0 Å². The molecule has 0 amide bonds. The maximum Gasteiger partial charge on any atom is 0.201 e. The van der Waals surface area contributed by atoms with Crippen LogP contribution in [0.4, 0.5) is 0 Å². The van der Waals surface area contributed by atoms with E-state index in [1.807, 2.05) is 0 Å². The van der Waals surface area contributed by atoms with E-state index in [1.54, 1.807) is 12.2 Å². The summed E-state index contributed by atoms with van der Waals surface area (Å²) in [5.41, 5.74) is -0.774. The van der Waals surface area contributed by atoms with Crippen molar-refractivity contribution in [1.29, 1.82) is 0 Å². The van der Waals surface area contributed by atoms with Gasteiger partial charge >= 0.3 is 0 Å². The summed E-state index contributed by atoms with van der Waals surface area (Å²) in [6.45, 7) is 13.2. The molecular weight excluding hydrogens is 320 g/mol. The summed E-state index contributed by atoms with van der Waals surface area (Å²) in [6, 6.07) is 0. The van der Waals surface area contributed by atoms with Crippen molar-refractivity contribution in [3.8, 4) is 0 Å². The van der Waals surface area contributed by atoms with Gasteiger partial charge in [-0.25, -0.2) is 0 Å². The highest BCUT2D eigenvalue weighted by molar-refractivity contribution is 6.77. The highest BCUT2D eigenvalue weighted by atomic mass is 28.4. The van der Waals surface area contributed by atoms with Gasteiger partial charge in [0.05, 0.1) is 6.10 Å². The van der Waals surface area contributed by atoms with Gasteiger partial charge in [0.15, 0.2) is 17.2 Å². The SMILES string of the molecule is CC(C)[Si](O[C@H]1C=CC(=O)[C@@]2(O)C(=O)C=CC[C@@H]12)(C(C)C)C(C)C. The van der Waals surface area contributed by atoms with E-state index in [-0.39, 0.29) is 0 Å². The molecule has 0 aliphatic heterocycles. The van der Waals surface area contributed by atoms with Crippen LogP contribution in [0.5, 0.6) is 0 Å². The van der Waals surface area contributed by atoms with Crippen LogP contribution >= 0.6 is 0 Å². The Labute approximate surface area is 146 Å². The Morgan fingerprint density at radius 2 is 1.54 bits per heavy atom. The highest BCUT2D eigenvalue weighted by Crippen LogP contribution is 2.46.